The Kier molecular flexibility index (Phi) is 2.18. The first-order valence-corrected chi connectivity index (χ1v) is 4.11. The summed E-state index contributed by atoms with van der Waals surface area (Å²) in [6.45, 7) is 10.9. The van der Waals surface area contributed by atoms with Crippen molar-refractivity contribution in [1.82, 2.24) is 0 Å². The fourth-order valence-corrected chi connectivity index (χ4v) is 1.82. The van der Waals surface area contributed by atoms with Gasteiger partial charge in [0.1, 0.15) is 0 Å². The van der Waals surface area contributed by atoms with Crippen LogP contribution in [0, 0.1) is 24.7 Å². The minimum Gasteiger partial charge on any atom is -0.0825 e. The molecule has 0 aromatic heterocycles. The van der Waals surface area contributed by atoms with Gasteiger partial charge in [0.15, 0.2) is 0 Å². The second-order valence-corrected chi connectivity index (χ2v) is 3.72. The summed E-state index contributed by atoms with van der Waals surface area (Å²) in [7, 11) is 0. The second kappa shape index (κ2) is 2.77. The maximum absolute atomic E-state index is 4.15. The number of allylic oxidation sites excluding steroid dienone is 2. The molecule has 1 radical (unpaired) electrons. The highest BCUT2D eigenvalue weighted by Crippen LogP contribution is 2.32. The van der Waals surface area contributed by atoms with Crippen LogP contribution < -0.4 is 0 Å². The molecule has 0 spiro atoms. The van der Waals surface area contributed by atoms with E-state index < -0.39 is 0 Å². The van der Waals surface area contributed by atoms with Crippen molar-refractivity contribution in [2.75, 3.05) is 0 Å². The normalized spacial score (nSPS) is 41.2. The maximum Gasteiger partial charge on any atom is -0.0228 e. The van der Waals surface area contributed by atoms with E-state index >= 15 is 0 Å². The van der Waals surface area contributed by atoms with Crippen LogP contribution >= 0.6 is 0 Å². The summed E-state index contributed by atoms with van der Waals surface area (Å²) in [6.07, 6.45) is 3.61. The SMILES string of the molecule is [CH2]C1C(C)C=C(C)CC1C. The molecule has 0 heterocycles. The van der Waals surface area contributed by atoms with Gasteiger partial charge in [-0.15, -0.1) is 0 Å². The molecule has 0 nitrogen and oxygen atoms in total. The number of rotatable bonds is 0. The third kappa shape index (κ3) is 1.42. The Morgan fingerprint density at radius 1 is 1.50 bits per heavy atom. The Morgan fingerprint density at radius 3 is 2.60 bits per heavy atom. The highest BCUT2D eigenvalue weighted by molar-refractivity contribution is 5.08. The molecule has 1 rings (SSSR count). The fourth-order valence-electron chi connectivity index (χ4n) is 1.82. The van der Waals surface area contributed by atoms with Gasteiger partial charge >= 0.3 is 0 Å². The molecule has 57 valence electrons. The average molecular weight is 137 g/mol. The van der Waals surface area contributed by atoms with E-state index in [-0.39, 0.29) is 0 Å². The molecule has 0 aromatic carbocycles. The molecule has 3 unspecified atom stereocenters. The molecular formula is C10H17. The lowest BCUT2D eigenvalue weighted by molar-refractivity contribution is 0.331. The molecule has 0 aliphatic heterocycles. The van der Waals surface area contributed by atoms with Gasteiger partial charge in [-0.1, -0.05) is 25.5 Å². The predicted octanol–water partition coefficient (Wildman–Crippen LogP) is 3.06. The number of hydrogen-bond donors (Lipinski definition) is 0. The molecule has 0 N–H and O–H groups in total. The summed E-state index contributed by atoms with van der Waals surface area (Å²) in [5.41, 5.74) is 1.54. The Labute approximate surface area is 64.3 Å². The zero-order chi connectivity index (χ0) is 7.72. The molecular weight excluding hydrogens is 120 g/mol. The monoisotopic (exact) mass is 137 g/mol. The van der Waals surface area contributed by atoms with E-state index in [9.17, 15) is 0 Å². The van der Waals surface area contributed by atoms with Crippen molar-refractivity contribution in [2.45, 2.75) is 27.2 Å². The number of hydrogen-bond acceptors (Lipinski definition) is 0. The van der Waals surface area contributed by atoms with Gasteiger partial charge in [0.25, 0.3) is 0 Å². The van der Waals surface area contributed by atoms with E-state index in [2.05, 4.69) is 33.8 Å². The van der Waals surface area contributed by atoms with E-state index in [0.717, 1.165) is 5.92 Å². The standard InChI is InChI=1S/C10H17/c1-7-5-8(2)10(4)9(3)6-7/h5,8-10H,4,6H2,1-3H3. The second-order valence-electron chi connectivity index (χ2n) is 3.72. The summed E-state index contributed by atoms with van der Waals surface area (Å²) in [4.78, 5) is 0. The Bertz CT molecular complexity index is 144. The molecule has 3 atom stereocenters. The third-order valence-electron chi connectivity index (χ3n) is 2.60. The van der Waals surface area contributed by atoms with Crippen LogP contribution in [0.4, 0.5) is 0 Å². The summed E-state index contributed by atoms with van der Waals surface area (Å²) in [6, 6.07) is 0. The molecule has 0 amide bonds. The van der Waals surface area contributed by atoms with Crippen molar-refractivity contribution in [2.24, 2.45) is 17.8 Å². The average Bonchev–Trinajstić information content (AvgIpc) is 1.82. The van der Waals surface area contributed by atoms with Crippen LogP contribution in [0.3, 0.4) is 0 Å². The van der Waals surface area contributed by atoms with Crippen LogP contribution in [-0.2, 0) is 0 Å². The lowest BCUT2D eigenvalue weighted by Crippen LogP contribution is -2.20. The summed E-state index contributed by atoms with van der Waals surface area (Å²) < 4.78 is 0. The topological polar surface area (TPSA) is 0 Å². The van der Waals surface area contributed by atoms with Crippen molar-refractivity contribution in [3.63, 3.8) is 0 Å². The Balaban J connectivity index is 2.69. The Hall–Kier alpha value is -0.260. The van der Waals surface area contributed by atoms with E-state index in [1.54, 1.807) is 5.57 Å². The maximum atomic E-state index is 4.15. The van der Waals surface area contributed by atoms with Crippen LogP contribution in [0.2, 0.25) is 0 Å². The van der Waals surface area contributed by atoms with E-state index in [4.69, 9.17) is 0 Å². The summed E-state index contributed by atoms with van der Waals surface area (Å²) in [5.74, 6) is 2.09. The zero-order valence-corrected chi connectivity index (χ0v) is 7.22. The molecule has 0 bridgehead atoms. The van der Waals surface area contributed by atoms with Gasteiger partial charge in [0, 0.05) is 0 Å². The van der Waals surface area contributed by atoms with Gasteiger partial charge in [-0.05, 0) is 38.0 Å². The Morgan fingerprint density at radius 2 is 2.10 bits per heavy atom. The van der Waals surface area contributed by atoms with Crippen LogP contribution in [0.5, 0.6) is 0 Å². The smallest absolute Gasteiger partial charge is 0.0228 e. The molecule has 0 fully saturated rings. The van der Waals surface area contributed by atoms with Crippen LogP contribution in [0.15, 0.2) is 11.6 Å². The fraction of sp³-hybridized carbons (Fsp3) is 0.700. The van der Waals surface area contributed by atoms with Gasteiger partial charge < -0.3 is 0 Å². The van der Waals surface area contributed by atoms with Gasteiger partial charge in [0.05, 0.1) is 0 Å². The van der Waals surface area contributed by atoms with Crippen molar-refractivity contribution >= 4 is 0 Å². The quantitative estimate of drug-likeness (QED) is 0.450. The predicted molar refractivity (Wildman–Crippen MR) is 45.5 cm³/mol. The minimum absolute atomic E-state index is 0.628. The lowest BCUT2D eigenvalue weighted by Gasteiger charge is -2.29. The first kappa shape index (κ1) is 7.84. The van der Waals surface area contributed by atoms with E-state index in [0.29, 0.717) is 11.8 Å². The molecule has 0 aromatic rings. The first-order chi connectivity index (χ1) is 4.61. The van der Waals surface area contributed by atoms with Crippen LogP contribution in [-0.4, -0.2) is 0 Å². The molecule has 0 saturated carbocycles. The molecule has 1 aliphatic carbocycles. The largest absolute Gasteiger partial charge is 0.0825 e. The third-order valence-corrected chi connectivity index (χ3v) is 2.60. The molecule has 0 saturated heterocycles. The van der Waals surface area contributed by atoms with Crippen LogP contribution in [0.25, 0.3) is 0 Å². The summed E-state index contributed by atoms with van der Waals surface area (Å²) >= 11 is 0. The van der Waals surface area contributed by atoms with Crippen molar-refractivity contribution in [3.8, 4) is 0 Å². The van der Waals surface area contributed by atoms with Crippen LogP contribution in [0.1, 0.15) is 27.2 Å². The molecule has 1 aliphatic rings. The highest BCUT2D eigenvalue weighted by atomic mass is 14.3. The van der Waals surface area contributed by atoms with Gasteiger partial charge in [-0.25, -0.2) is 0 Å². The summed E-state index contributed by atoms with van der Waals surface area (Å²) in [5, 5.41) is 0. The zero-order valence-electron chi connectivity index (χ0n) is 7.22. The molecule has 0 heteroatoms. The van der Waals surface area contributed by atoms with Crippen molar-refractivity contribution in [3.05, 3.63) is 18.6 Å². The van der Waals surface area contributed by atoms with E-state index in [1.807, 2.05) is 0 Å². The molecule has 10 heavy (non-hydrogen) atoms. The first-order valence-electron chi connectivity index (χ1n) is 4.11. The van der Waals surface area contributed by atoms with E-state index in [1.165, 1.54) is 6.42 Å². The highest BCUT2D eigenvalue weighted by Gasteiger charge is 2.21. The van der Waals surface area contributed by atoms with Gasteiger partial charge in [-0.3, -0.25) is 0 Å². The van der Waals surface area contributed by atoms with Gasteiger partial charge in [-0.2, -0.15) is 0 Å². The minimum atomic E-state index is 0.628. The van der Waals surface area contributed by atoms with Crippen molar-refractivity contribution < 1.29 is 0 Å². The van der Waals surface area contributed by atoms with Crippen molar-refractivity contribution in [1.29, 1.82) is 0 Å². The lowest BCUT2D eigenvalue weighted by atomic mass is 9.76. The van der Waals surface area contributed by atoms with Gasteiger partial charge in [0.2, 0.25) is 0 Å².